The molecule has 0 aromatic heterocycles. The Morgan fingerprint density at radius 2 is 1.95 bits per heavy atom. The lowest BCUT2D eigenvalue weighted by Crippen LogP contribution is -2.20. The Morgan fingerprint density at radius 3 is 2.67 bits per heavy atom. The lowest BCUT2D eigenvalue weighted by molar-refractivity contribution is -0.118. The number of hydrogen-bond donors (Lipinski definition) is 2. The predicted octanol–water partition coefficient (Wildman–Crippen LogP) is 3.47. The smallest absolute Gasteiger partial charge is 0.262 e. The van der Waals surface area contributed by atoms with E-state index in [2.05, 4.69) is 5.32 Å². The Morgan fingerprint density at radius 1 is 1.14 bits per heavy atom. The van der Waals surface area contributed by atoms with E-state index in [4.69, 9.17) is 33.7 Å². The lowest BCUT2D eigenvalue weighted by Gasteiger charge is -2.09. The monoisotopic (exact) mass is 324 g/mol. The Kier molecular flexibility index (Phi) is 5.44. The maximum Gasteiger partial charge on any atom is 0.262 e. The van der Waals surface area contributed by atoms with Gasteiger partial charge >= 0.3 is 0 Å². The van der Waals surface area contributed by atoms with Crippen LogP contribution >= 0.6 is 23.2 Å². The molecule has 0 aliphatic heterocycles. The Bertz CT molecular complexity index is 647. The zero-order chi connectivity index (χ0) is 15.2. The third-order valence-electron chi connectivity index (χ3n) is 2.71. The van der Waals surface area contributed by atoms with Gasteiger partial charge in [-0.1, -0.05) is 35.3 Å². The molecule has 21 heavy (non-hydrogen) atoms. The summed E-state index contributed by atoms with van der Waals surface area (Å²) in [6.45, 7) is 0.320. The second-order valence-corrected chi connectivity index (χ2v) is 5.13. The number of rotatable bonds is 5. The minimum Gasteiger partial charge on any atom is -0.484 e. The maximum atomic E-state index is 11.8. The van der Waals surface area contributed by atoms with Crippen molar-refractivity contribution >= 4 is 34.8 Å². The topological polar surface area (TPSA) is 64.3 Å². The largest absolute Gasteiger partial charge is 0.484 e. The van der Waals surface area contributed by atoms with E-state index in [1.54, 1.807) is 30.3 Å². The average molecular weight is 325 g/mol. The second-order valence-electron chi connectivity index (χ2n) is 4.32. The van der Waals surface area contributed by atoms with Gasteiger partial charge in [-0.2, -0.15) is 0 Å². The number of benzene rings is 2. The van der Waals surface area contributed by atoms with Gasteiger partial charge < -0.3 is 15.8 Å². The van der Waals surface area contributed by atoms with Gasteiger partial charge in [0.05, 0.1) is 10.0 Å². The Hall–Kier alpha value is -1.75. The zero-order valence-electron chi connectivity index (χ0n) is 11.1. The van der Waals surface area contributed by atoms with Crippen LogP contribution in [0.25, 0.3) is 0 Å². The summed E-state index contributed by atoms with van der Waals surface area (Å²) in [5.74, 6) is 0.314. The normalized spacial score (nSPS) is 10.2. The van der Waals surface area contributed by atoms with Crippen molar-refractivity contribution in [2.45, 2.75) is 6.54 Å². The molecular formula is C15H14Cl2N2O2. The van der Waals surface area contributed by atoms with Crippen molar-refractivity contribution in [3.8, 4) is 5.75 Å². The van der Waals surface area contributed by atoms with E-state index in [0.29, 0.717) is 28.0 Å². The van der Waals surface area contributed by atoms with Gasteiger partial charge in [0.25, 0.3) is 5.91 Å². The molecule has 3 N–H and O–H groups in total. The van der Waals surface area contributed by atoms with Gasteiger partial charge in [-0.05, 0) is 35.9 Å². The van der Waals surface area contributed by atoms with Crippen LogP contribution < -0.4 is 15.8 Å². The fraction of sp³-hybridized carbons (Fsp3) is 0.133. The zero-order valence-corrected chi connectivity index (χ0v) is 12.6. The van der Waals surface area contributed by atoms with Crippen molar-refractivity contribution < 1.29 is 9.53 Å². The summed E-state index contributed by atoms with van der Waals surface area (Å²) in [6.07, 6.45) is 0. The van der Waals surface area contributed by atoms with E-state index < -0.39 is 0 Å². The number of anilines is 1. The highest BCUT2D eigenvalue weighted by molar-refractivity contribution is 6.42. The molecule has 0 spiro atoms. The van der Waals surface area contributed by atoms with E-state index in [1.165, 1.54) is 0 Å². The van der Waals surface area contributed by atoms with Crippen LogP contribution in [0.5, 0.6) is 5.75 Å². The molecule has 1 amide bonds. The summed E-state index contributed by atoms with van der Waals surface area (Å²) in [5.41, 5.74) is 7.05. The summed E-state index contributed by atoms with van der Waals surface area (Å²) < 4.78 is 5.41. The number of nitrogens with one attached hydrogen (secondary N) is 1. The van der Waals surface area contributed by atoms with E-state index in [0.717, 1.165) is 5.56 Å². The molecule has 0 aliphatic carbocycles. The second kappa shape index (κ2) is 7.31. The molecule has 0 saturated carbocycles. The molecule has 110 valence electrons. The number of carbonyl (C=O) groups excluding carboxylic acids is 1. The van der Waals surface area contributed by atoms with Gasteiger partial charge in [0.1, 0.15) is 5.75 Å². The third-order valence-corrected chi connectivity index (χ3v) is 3.45. The molecule has 0 heterocycles. The standard InChI is InChI=1S/C15H14Cl2N2O2/c16-13-5-4-11(7-14(13)17)19-15(20)9-21-12-3-1-2-10(6-12)8-18/h1-7H,8-9,18H2,(H,19,20). The van der Waals surface area contributed by atoms with Gasteiger partial charge in [0.2, 0.25) is 0 Å². The van der Waals surface area contributed by atoms with E-state index >= 15 is 0 Å². The summed E-state index contributed by atoms with van der Waals surface area (Å²) in [7, 11) is 0. The van der Waals surface area contributed by atoms with Crippen molar-refractivity contribution in [3.05, 3.63) is 58.1 Å². The number of nitrogens with two attached hydrogens (primary N) is 1. The summed E-state index contributed by atoms with van der Waals surface area (Å²) >= 11 is 11.7. The van der Waals surface area contributed by atoms with Gasteiger partial charge in [-0.3, -0.25) is 4.79 Å². The highest BCUT2D eigenvalue weighted by Crippen LogP contribution is 2.25. The van der Waals surface area contributed by atoms with E-state index in [9.17, 15) is 4.79 Å². The first-order valence-corrected chi connectivity index (χ1v) is 7.01. The molecule has 2 aromatic carbocycles. The summed E-state index contributed by atoms with van der Waals surface area (Å²) in [6, 6.07) is 12.2. The molecule has 2 rings (SSSR count). The maximum absolute atomic E-state index is 11.8. The first-order valence-electron chi connectivity index (χ1n) is 6.25. The van der Waals surface area contributed by atoms with Crippen molar-refractivity contribution in [2.24, 2.45) is 5.73 Å². The first kappa shape index (κ1) is 15.6. The van der Waals surface area contributed by atoms with Crippen molar-refractivity contribution in [2.75, 3.05) is 11.9 Å². The predicted molar refractivity (Wildman–Crippen MR) is 84.9 cm³/mol. The number of hydrogen-bond acceptors (Lipinski definition) is 3. The van der Waals surface area contributed by atoms with Gasteiger partial charge in [-0.15, -0.1) is 0 Å². The molecule has 0 unspecified atom stereocenters. The van der Waals surface area contributed by atoms with Crippen LogP contribution in [0.1, 0.15) is 5.56 Å². The van der Waals surface area contributed by atoms with Crippen LogP contribution in [-0.2, 0) is 11.3 Å². The van der Waals surface area contributed by atoms with Crippen LogP contribution in [0.4, 0.5) is 5.69 Å². The minimum absolute atomic E-state index is 0.103. The molecular weight excluding hydrogens is 311 g/mol. The van der Waals surface area contributed by atoms with Gasteiger partial charge in [0.15, 0.2) is 6.61 Å². The molecule has 0 radical (unpaired) electrons. The third kappa shape index (κ3) is 4.63. The van der Waals surface area contributed by atoms with E-state index in [1.807, 2.05) is 12.1 Å². The first-order chi connectivity index (χ1) is 10.1. The quantitative estimate of drug-likeness (QED) is 0.885. The molecule has 2 aromatic rings. The summed E-state index contributed by atoms with van der Waals surface area (Å²) in [4.78, 5) is 11.8. The van der Waals surface area contributed by atoms with Crippen molar-refractivity contribution in [1.82, 2.24) is 0 Å². The molecule has 0 atom stereocenters. The molecule has 0 fully saturated rings. The van der Waals surface area contributed by atoms with Crippen molar-refractivity contribution in [1.29, 1.82) is 0 Å². The average Bonchev–Trinajstić information content (AvgIpc) is 2.49. The number of carbonyl (C=O) groups is 1. The van der Waals surface area contributed by atoms with E-state index in [-0.39, 0.29) is 12.5 Å². The number of ether oxygens (including phenoxy) is 1. The van der Waals surface area contributed by atoms with Crippen LogP contribution in [0.3, 0.4) is 0 Å². The fourth-order valence-electron chi connectivity index (χ4n) is 1.68. The van der Waals surface area contributed by atoms with Crippen molar-refractivity contribution in [3.63, 3.8) is 0 Å². The highest BCUT2D eigenvalue weighted by Gasteiger charge is 2.06. The van der Waals surface area contributed by atoms with Gasteiger partial charge in [-0.25, -0.2) is 0 Å². The van der Waals surface area contributed by atoms with Crippen LogP contribution in [-0.4, -0.2) is 12.5 Å². The molecule has 6 heteroatoms. The van der Waals surface area contributed by atoms with Gasteiger partial charge in [0, 0.05) is 12.2 Å². The van der Waals surface area contributed by atoms with Crippen LogP contribution in [0.15, 0.2) is 42.5 Å². The van der Waals surface area contributed by atoms with Crippen LogP contribution in [0.2, 0.25) is 10.0 Å². The lowest BCUT2D eigenvalue weighted by atomic mass is 10.2. The number of halogens is 2. The Balaban J connectivity index is 1.91. The Labute approximate surface area is 132 Å². The molecule has 0 aliphatic rings. The SMILES string of the molecule is NCc1cccc(OCC(=O)Nc2ccc(Cl)c(Cl)c2)c1. The molecule has 4 nitrogen and oxygen atoms in total. The minimum atomic E-state index is -0.286. The molecule has 0 bridgehead atoms. The number of amides is 1. The fourth-order valence-corrected chi connectivity index (χ4v) is 1.98. The molecule has 0 saturated heterocycles. The summed E-state index contributed by atoms with van der Waals surface area (Å²) in [5, 5.41) is 3.49. The van der Waals surface area contributed by atoms with Crippen LogP contribution in [0, 0.1) is 0 Å². The highest BCUT2D eigenvalue weighted by atomic mass is 35.5.